The van der Waals surface area contributed by atoms with Gasteiger partial charge in [0.25, 0.3) is 0 Å². The highest BCUT2D eigenvalue weighted by Gasteiger charge is 2.70. The molecule has 8 rings (SSSR count). The van der Waals surface area contributed by atoms with E-state index in [1.807, 2.05) is 0 Å². The Kier molecular flexibility index (Phi) is 8.87. The number of allylic oxidation sites excluding steroid dienone is 2. The lowest BCUT2D eigenvalue weighted by molar-refractivity contribution is -0.392. The van der Waals surface area contributed by atoms with Crippen molar-refractivity contribution in [1.29, 1.82) is 0 Å². The monoisotopic (exact) mass is 791 g/mol. The number of carbonyl (C=O) groups is 4. The fourth-order valence-electron chi connectivity index (χ4n) is 9.69. The van der Waals surface area contributed by atoms with Crippen LogP contribution >= 0.6 is 11.6 Å². The van der Waals surface area contributed by atoms with E-state index in [-0.39, 0.29) is 46.2 Å². The fraction of sp³-hybridized carbons (Fsp3) is 0.268. The van der Waals surface area contributed by atoms with Crippen molar-refractivity contribution in [3.63, 3.8) is 0 Å². The van der Waals surface area contributed by atoms with Gasteiger partial charge in [-0.25, -0.2) is 9.80 Å². The lowest BCUT2D eigenvalue weighted by Gasteiger charge is -2.50. The molecule has 4 aliphatic rings. The molecule has 2 aliphatic carbocycles. The number of ether oxygens (including phenoxy) is 1. The van der Waals surface area contributed by atoms with E-state index in [2.05, 4.69) is 0 Å². The maximum atomic E-state index is 15.4. The largest absolute Gasteiger partial charge is 0.508 e. The SMILES string of the molecule is COc1ccc(C2C3=CCC4C(=O)N(c5cc([N+](=O)[O-])c(N(C)C)c([N+](=O)[O-])c5)C(=O)C4C3CC3C(=O)N(c4cccc(Cl)c4)C(=O)C32c2ccccc2)c(O)c1. The maximum absolute atomic E-state index is 15.4. The summed E-state index contributed by atoms with van der Waals surface area (Å²) < 4.78 is 5.38. The van der Waals surface area contributed by atoms with Gasteiger partial charge in [0.1, 0.15) is 11.5 Å². The molecule has 0 bridgehead atoms. The second kappa shape index (κ2) is 13.5. The van der Waals surface area contributed by atoms with Crippen LogP contribution in [0.15, 0.2) is 96.6 Å². The van der Waals surface area contributed by atoms with Crippen LogP contribution in [0.4, 0.5) is 28.4 Å². The third-order valence-electron chi connectivity index (χ3n) is 11.9. The number of nitro benzene ring substituents is 2. The topological polar surface area (TPSA) is 194 Å². The lowest BCUT2D eigenvalue weighted by atomic mass is 9.49. The Morgan fingerprint density at radius 1 is 0.825 bits per heavy atom. The van der Waals surface area contributed by atoms with Gasteiger partial charge in [-0.15, -0.1) is 0 Å². The first-order chi connectivity index (χ1) is 27.2. The van der Waals surface area contributed by atoms with Gasteiger partial charge in [-0.05, 0) is 48.6 Å². The average Bonchev–Trinajstić information content (AvgIpc) is 3.58. The summed E-state index contributed by atoms with van der Waals surface area (Å²) in [5.74, 6) is -7.63. The molecule has 3 fully saturated rings. The van der Waals surface area contributed by atoms with Crippen LogP contribution in [0.5, 0.6) is 11.5 Å². The molecule has 0 spiro atoms. The van der Waals surface area contributed by atoms with Crippen molar-refractivity contribution >= 4 is 63.7 Å². The smallest absolute Gasteiger partial charge is 0.301 e. The van der Waals surface area contributed by atoms with Crippen LogP contribution in [-0.4, -0.2) is 59.8 Å². The number of imide groups is 2. The van der Waals surface area contributed by atoms with Gasteiger partial charge < -0.3 is 14.7 Å². The molecule has 4 aromatic carbocycles. The number of amides is 4. The molecule has 15 nitrogen and oxygen atoms in total. The van der Waals surface area contributed by atoms with Crippen molar-refractivity contribution in [1.82, 2.24) is 0 Å². The van der Waals surface area contributed by atoms with Crippen LogP contribution in [0.2, 0.25) is 5.02 Å². The minimum Gasteiger partial charge on any atom is -0.508 e. The Bertz CT molecular complexity index is 2440. The normalized spacial score (nSPS) is 25.1. The predicted molar refractivity (Wildman–Crippen MR) is 207 cm³/mol. The number of aromatic hydroxyl groups is 1. The van der Waals surface area contributed by atoms with Crippen LogP contribution in [0.3, 0.4) is 0 Å². The number of carbonyl (C=O) groups excluding carboxylic acids is 4. The van der Waals surface area contributed by atoms with Crippen molar-refractivity contribution in [3.05, 3.63) is 133 Å². The highest BCUT2D eigenvalue weighted by atomic mass is 35.5. The number of benzene rings is 4. The summed E-state index contributed by atoms with van der Waals surface area (Å²) in [6.07, 6.45) is 1.72. The molecule has 1 N–H and O–H groups in total. The van der Waals surface area contributed by atoms with Gasteiger partial charge in [-0.1, -0.05) is 65.7 Å². The Morgan fingerprint density at radius 2 is 1.51 bits per heavy atom. The van der Waals surface area contributed by atoms with Crippen molar-refractivity contribution < 1.29 is 38.9 Å². The van der Waals surface area contributed by atoms with Crippen LogP contribution in [0.1, 0.15) is 29.9 Å². The quantitative estimate of drug-likeness (QED) is 0.0911. The van der Waals surface area contributed by atoms with Gasteiger partial charge in [0.15, 0.2) is 5.69 Å². The summed E-state index contributed by atoms with van der Waals surface area (Å²) in [5, 5.41) is 36.5. The molecule has 290 valence electrons. The van der Waals surface area contributed by atoms with Crippen LogP contribution < -0.4 is 19.4 Å². The maximum Gasteiger partial charge on any atom is 0.301 e. The van der Waals surface area contributed by atoms with Crippen molar-refractivity contribution in [3.8, 4) is 11.5 Å². The summed E-state index contributed by atoms with van der Waals surface area (Å²) >= 11 is 6.38. The molecule has 6 atom stereocenters. The summed E-state index contributed by atoms with van der Waals surface area (Å²) in [4.78, 5) is 85.4. The fourth-order valence-corrected chi connectivity index (χ4v) is 9.88. The standard InChI is InChI=1S/C41H34ClN5O10/c1-43(2)36-31(46(53)54)17-24(18-32(36)47(55)56)44-37(49)28-15-14-26-29(34(28)39(44)51)20-30-38(50)45(23-11-7-10-22(42)16-23)40(52)41(30,21-8-5-4-6-9-21)35(26)27-13-12-25(57-3)19-33(27)48/h4-14,16-19,28-30,34-35,48H,15,20H2,1-3H3. The Hall–Kier alpha value is -6.61. The third kappa shape index (κ3) is 5.39. The number of fused-ring (bicyclic) bond motifs is 4. The second-order valence-corrected chi connectivity index (χ2v) is 15.2. The molecule has 57 heavy (non-hydrogen) atoms. The Balaban J connectivity index is 1.33. The number of phenols is 1. The zero-order valence-corrected chi connectivity index (χ0v) is 31.5. The summed E-state index contributed by atoms with van der Waals surface area (Å²) in [6.45, 7) is 0. The Morgan fingerprint density at radius 3 is 2.11 bits per heavy atom. The van der Waals surface area contributed by atoms with Gasteiger partial charge in [0, 0.05) is 48.8 Å². The van der Waals surface area contributed by atoms with Crippen LogP contribution in [-0.2, 0) is 24.6 Å². The van der Waals surface area contributed by atoms with E-state index in [1.165, 1.54) is 38.2 Å². The van der Waals surface area contributed by atoms with Crippen LogP contribution in [0.25, 0.3) is 0 Å². The number of hydrogen-bond acceptors (Lipinski definition) is 11. The number of halogens is 1. The highest BCUT2D eigenvalue weighted by Crippen LogP contribution is 2.65. The van der Waals surface area contributed by atoms with E-state index in [0.717, 1.165) is 21.9 Å². The van der Waals surface area contributed by atoms with Crippen LogP contribution in [0, 0.1) is 43.9 Å². The van der Waals surface area contributed by atoms with Gasteiger partial charge in [-0.2, -0.15) is 0 Å². The molecule has 4 aromatic rings. The third-order valence-corrected chi connectivity index (χ3v) is 12.1. The highest BCUT2D eigenvalue weighted by molar-refractivity contribution is 6.32. The molecule has 0 aromatic heterocycles. The number of methoxy groups -OCH3 is 1. The molecule has 6 unspecified atom stereocenters. The number of nitrogens with zero attached hydrogens (tertiary/aromatic N) is 5. The van der Waals surface area contributed by atoms with E-state index < -0.39 is 79.9 Å². The molecule has 4 amide bonds. The Labute approximate surface area is 330 Å². The van der Waals surface area contributed by atoms with Crippen molar-refractivity contribution in [2.45, 2.75) is 24.2 Å². The van der Waals surface area contributed by atoms with E-state index >= 15 is 4.79 Å². The molecule has 0 radical (unpaired) electrons. The number of phenolic OH excluding ortho intramolecular Hbond substituents is 1. The average molecular weight is 792 g/mol. The molecular weight excluding hydrogens is 758 g/mol. The number of nitro groups is 2. The van der Waals surface area contributed by atoms with Gasteiger partial charge in [0.2, 0.25) is 23.6 Å². The number of anilines is 3. The zero-order valence-electron chi connectivity index (χ0n) is 30.7. The van der Waals surface area contributed by atoms with E-state index in [4.69, 9.17) is 16.3 Å². The lowest BCUT2D eigenvalue weighted by Crippen LogP contribution is -2.53. The minimum absolute atomic E-state index is 0.000633. The van der Waals surface area contributed by atoms with Crippen molar-refractivity contribution in [2.75, 3.05) is 35.9 Å². The molecule has 2 saturated heterocycles. The molecule has 16 heteroatoms. The van der Waals surface area contributed by atoms with Gasteiger partial charge in [0.05, 0.1) is 51.5 Å². The first-order valence-corrected chi connectivity index (χ1v) is 18.4. The molecule has 1 saturated carbocycles. The molecule has 2 aliphatic heterocycles. The summed E-state index contributed by atoms with van der Waals surface area (Å²) in [5.41, 5.74) is -2.08. The summed E-state index contributed by atoms with van der Waals surface area (Å²) in [6, 6.07) is 21.7. The van der Waals surface area contributed by atoms with E-state index in [1.54, 1.807) is 66.7 Å². The first kappa shape index (κ1) is 37.3. The van der Waals surface area contributed by atoms with E-state index in [9.17, 15) is 39.7 Å². The van der Waals surface area contributed by atoms with Gasteiger partial charge in [-0.3, -0.25) is 39.4 Å². The molecule has 2 heterocycles. The van der Waals surface area contributed by atoms with Crippen molar-refractivity contribution in [2.24, 2.45) is 23.7 Å². The number of rotatable bonds is 8. The van der Waals surface area contributed by atoms with Gasteiger partial charge >= 0.3 is 11.4 Å². The second-order valence-electron chi connectivity index (χ2n) is 14.8. The first-order valence-electron chi connectivity index (χ1n) is 18.0. The zero-order chi connectivity index (χ0) is 40.7. The minimum atomic E-state index is -1.66. The summed E-state index contributed by atoms with van der Waals surface area (Å²) in [7, 11) is 4.24. The van der Waals surface area contributed by atoms with E-state index in [0.29, 0.717) is 16.9 Å². The number of hydrogen-bond donors (Lipinski definition) is 1. The molecular formula is C41H34ClN5O10. The predicted octanol–water partition coefficient (Wildman–Crippen LogP) is 6.30.